The van der Waals surface area contributed by atoms with Gasteiger partial charge in [-0.2, -0.15) is 4.31 Å². The molecule has 30 heavy (non-hydrogen) atoms. The van der Waals surface area contributed by atoms with Crippen LogP contribution in [0.4, 0.5) is 5.69 Å². The van der Waals surface area contributed by atoms with E-state index in [0.29, 0.717) is 23.7 Å². The lowest BCUT2D eigenvalue weighted by atomic mass is 10.0. The zero-order valence-corrected chi connectivity index (χ0v) is 18.2. The molecular formula is C21H19ClN2O4S2. The van der Waals surface area contributed by atoms with Crippen LogP contribution in [0.3, 0.4) is 0 Å². The Labute approximate surface area is 181 Å². The van der Waals surface area contributed by atoms with Crippen LogP contribution < -0.4 is 4.72 Å². The van der Waals surface area contributed by atoms with Gasteiger partial charge in [0.05, 0.1) is 9.79 Å². The molecule has 0 aliphatic carbocycles. The van der Waals surface area contributed by atoms with Crippen molar-refractivity contribution in [2.45, 2.75) is 22.8 Å². The number of benzene rings is 3. The van der Waals surface area contributed by atoms with Crippen LogP contribution in [0.15, 0.2) is 82.6 Å². The molecule has 0 saturated heterocycles. The van der Waals surface area contributed by atoms with E-state index >= 15 is 0 Å². The zero-order chi connectivity index (χ0) is 21.4. The highest BCUT2D eigenvalue weighted by Crippen LogP contribution is 2.28. The minimum Gasteiger partial charge on any atom is -0.280 e. The van der Waals surface area contributed by atoms with Crippen LogP contribution in [-0.2, 0) is 33.0 Å². The number of halogens is 1. The summed E-state index contributed by atoms with van der Waals surface area (Å²) in [6.45, 7) is 0.559. The molecule has 0 fully saturated rings. The van der Waals surface area contributed by atoms with E-state index in [2.05, 4.69) is 4.72 Å². The van der Waals surface area contributed by atoms with Crippen LogP contribution in [0, 0.1) is 0 Å². The molecule has 3 aromatic carbocycles. The lowest BCUT2D eigenvalue weighted by molar-refractivity contribution is 0.391. The first-order valence-corrected chi connectivity index (χ1v) is 12.5. The molecule has 1 heterocycles. The molecule has 0 saturated carbocycles. The van der Waals surface area contributed by atoms with Gasteiger partial charge in [0.25, 0.3) is 10.0 Å². The SMILES string of the molecule is O=S(=O)(Nc1ccc2c(c1)CN(S(=O)(=O)c1ccccc1)CC2)c1ccc(Cl)cc1. The summed E-state index contributed by atoms with van der Waals surface area (Å²) in [6, 6.07) is 19.4. The van der Waals surface area contributed by atoms with Gasteiger partial charge >= 0.3 is 0 Å². The zero-order valence-electron chi connectivity index (χ0n) is 15.8. The molecule has 1 N–H and O–H groups in total. The Morgan fingerprint density at radius 3 is 2.20 bits per heavy atom. The first-order chi connectivity index (χ1) is 14.3. The minimum atomic E-state index is -3.78. The molecule has 0 radical (unpaired) electrons. The fraction of sp³-hybridized carbons (Fsp3) is 0.143. The molecule has 6 nitrogen and oxygen atoms in total. The van der Waals surface area contributed by atoms with Gasteiger partial charge in [-0.1, -0.05) is 35.9 Å². The highest BCUT2D eigenvalue weighted by atomic mass is 35.5. The van der Waals surface area contributed by atoms with Crippen molar-refractivity contribution in [1.29, 1.82) is 0 Å². The number of rotatable bonds is 5. The van der Waals surface area contributed by atoms with Crippen molar-refractivity contribution in [3.05, 3.63) is 88.9 Å². The second-order valence-electron chi connectivity index (χ2n) is 6.94. The van der Waals surface area contributed by atoms with E-state index < -0.39 is 20.0 Å². The second kappa shape index (κ2) is 8.03. The number of nitrogens with zero attached hydrogens (tertiary/aromatic N) is 1. The molecule has 1 aliphatic rings. The average Bonchev–Trinajstić information content (AvgIpc) is 2.74. The third-order valence-electron chi connectivity index (χ3n) is 4.94. The van der Waals surface area contributed by atoms with Crippen LogP contribution >= 0.6 is 11.6 Å². The molecule has 3 aromatic rings. The summed E-state index contributed by atoms with van der Waals surface area (Å²) < 4.78 is 55.1. The fourth-order valence-electron chi connectivity index (χ4n) is 3.37. The maximum absolute atomic E-state index is 12.9. The van der Waals surface area contributed by atoms with Crippen molar-refractivity contribution >= 4 is 37.3 Å². The first-order valence-electron chi connectivity index (χ1n) is 9.21. The van der Waals surface area contributed by atoms with Gasteiger partial charge in [0.1, 0.15) is 0 Å². The van der Waals surface area contributed by atoms with Crippen LogP contribution in [0.25, 0.3) is 0 Å². The maximum Gasteiger partial charge on any atom is 0.261 e. The van der Waals surface area contributed by atoms with Gasteiger partial charge in [-0.05, 0) is 66.1 Å². The van der Waals surface area contributed by atoms with E-state index in [-0.39, 0.29) is 16.3 Å². The number of sulfonamides is 2. The largest absolute Gasteiger partial charge is 0.280 e. The van der Waals surface area contributed by atoms with Crippen LogP contribution in [0.2, 0.25) is 5.02 Å². The van der Waals surface area contributed by atoms with Gasteiger partial charge in [-0.3, -0.25) is 4.72 Å². The Bertz CT molecular complexity index is 1280. The molecule has 0 spiro atoms. The van der Waals surface area contributed by atoms with E-state index in [1.165, 1.54) is 28.6 Å². The van der Waals surface area contributed by atoms with Gasteiger partial charge in [-0.15, -0.1) is 0 Å². The molecule has 0 amide bonds. The summed E-state index contributed by atoms with van der Waals surface area (Å²) in [4.78, 5) is 0.339. The Kier molecular flexibility index (Phi) is 5.59. The number of hydrogen-bond donors (Lipinski definition) is 1. The average molecular weight is 463 g/mol. The third-order valence-corrected chi connectivity index (χ3v) is 8.45. The lowest BCUT2D eigenvalue weighted by Gasteiger charge is -2.28. The van der Waals surface area contributed by atoms with Crippen molar-refractivity contribution in [2.75, 3.05) is 11.3 Å². The fourth-order valence-corrected chi connectivity index (χ4v) is 5.98. The summed E-state index contributed by atoms with van der Waals surface area (Å²) in [7, 11) is -7.40. The van der Waals surface area contributed by atoms with Gasteiger partial charge in [0.2, 0.25) is 10.0 Å². The third kappa shape index (κ3) is 4.22. The van der Waals surface area contributed by atoms with Crippen molar-refractivity contribution < 1.29 is 16.8 Å². The van der Waals surface area contributed by atoms with E-state index in [9.17, 15) is 16.8 Å². The summed E-state index contributed by atoms with van der Waals surface area (Å²) in [5.74, 6) is 0. The normalized spacial score (nSPS) is 14.8. The molecule has 1 aliphatic heterocycles. The van der Waals surface area contributed by atoms with Crippen LogP contribution in [-0.4, -0.2) is 27.7 Å². The van der Waals surface area contributed by atoms with E-state index in [0.717, 1.165) is 11.1 Å². The van der Waals surface area contributed by atoms with Gasteiger partial charge < -0.3 is 0 Å². The van der Waals surface area contributed by atoms with Gasteiger partial charge in [0, 0.05) is 23.8 Å². The van der Waals surface area contributed by atoms with Gasteiger partial charge in [0.15, 0.2) is 0 Å². The lowest BCUT2D eigenvalue weighted by Crippen LogP contribution is -2.36. The summed E-state index contributed by atoms with van der Waals surface area (Å²) >= 11 is 5.83. The maximum atomic E-state index is 12.9. The van der Waals surface area contributed by atoms with Crippen molar-refractivity contribution in [2.24, 2.45) is 0 Å². The Morgan fingerprint density at radius 1 is 0.800 bits per heavy atom. The summed E-state index contributed by atoms with van der Waals surface area (Å²) in [6.07, 6.45) is 0.561. The predicted molar refractivity (Wildman–Crippen MR) is 116 cm³/mol. The van der Waals surface area contributed by atoms with Gasteiger partial charge in [-0.25, -0.2) is 16.8 Å². The van der Waals surface area contributed by atoms with E-state index in [1.54, 1.807) is 42.5 Å². The Balaban J connectivity index is 1.58. The number of hydrogen-bond acceptors (Lipinski definition) is 4. The van der Waals surface area contributed by atoms with Crippen molar-refractivity contribution in [1.82, 2.24) is 4.31 Å². The monoisotopic (exact) mass is 462 g/mol. The van der Waals surface area contributed by atoms with Crippen LogP contribution in [0.1, 0.15) is 11.1 Å². The highest BCUT2D eigenvalue weighted by molar-refractivity contribution is 7.92. The topological polar surface area (TPSA) is 83.6 Å². The molecule has 0 atom stereocenters. The summed E-state index contributed by atoms with van der Waals surface area (Å²) in [5.41, 5.74) is 2.16. The van der Waals surface area contributed by atoms with E-state index in [4.69, 9.17) is 11.6 Å². The smallest absolute Gasteiger partial charge is 0.261 e. The molecule has 9 heteroatoms. The van der Waals surface area contributed by atoms with Crippen molar-refractivity contribution in [3.63, 3.8) is 0 Å². The minimum absolute atomic E-state index is 0.0953. The second-order valence-corrected chi connectivity index (χ2v) is 11.0. The van der Waals surface area contributed by atoms with Crippen LogP contribution in [0.5, 0.6) is 0 Å². The predicted octanol–water partition coefficient (Wildman–Crippen LogP) is 3.89. The number of fused-ring (bicyclic) bond motifs is 1. The number of anilines is 1. The molecule has 0 bridgehead atoms. The molecule has 0 aromatic heterocycles. The van der Waals surface area contributed by atoms with E-state index in [1.807, 2.05) is 6.07 Å². The number of nitrogens with one attached hydrogen (secondary N) is 1. The standard InChI is InChI=1S/C21H19ClN2O4S2/c22-18-7-10-20(11-8-18)29(25,26)23-19-9-6-16-12-13-24(15-17(16)14-19)30(27,28)21-4-2-1-3-5-21/h1-11,14,23H,12-13,15H2. The first kappa shape index (κ1) is 20.9. The quantitative estimate of drug-likeness (QED) is 0.623. The van der Waals surface area contributed by atoms with Crippen molar-refractivity contribution in [3.8, 4) is 0 Å². The Morgan fingerprint density at radius 2 is 1.50 bits per heavy atom. The molecular weight excluding hydrogens is 444 g/mol. The molecule has 156 valence electrons. The molecule has 0 unspecified atom stereocenters. The molecule has 4 rings (SSSR count). The summed E-state index contributed by atoms with van der Waals surface area (Å²) in [5, 5.41) is 0.447. The highest BCUT2D eigenvalue weighted by Gasteiger charge is 2.28. The Hall–Kier alpha value is -2.39.